The molecule has 5 heteroatoms. The van der Waals surface area contributed by atoms with E-state index >= 15 is 0 Å². The fourth-order valence-electron chi connectivity index (χ4n) is 1.82. The summed E-state index contributed by atoms with van der Waals surface area (Å²) in [4.78, 5) is 0. The average molecular weight is 242 g/mol. The van der Waals surface area contributed by atoms with Crippen LogP contribution in [0.5, 0.6) is 17.2 Å². The molecule has 0 spiro atoms. The molecule has 0 atom stereocenters. The fraction of sp³-hybridized carbons (Fsp3) is 0.500. The highest BCUT2D eigenvalue weighted by atomic mass is 19.1. The molecule has 17 heavy (non-hydrogen) atoms. The summed E-state index contributed by atoms with van der Waals surface area (Å²) in [6, 6.07) is 1.14. The molecule has 0 unspecified atom stereocenters. The number of halogens is 1. The van der Waals surface area contributed by atoms with Crippen molar-refractivity contribution in [3.05, 3.63) is 17.4 Å². The predicted octanol–water partition coefficient (Wildman–Crippen LogP) is 1.62. The fourth-order valence-corrected chi connectivity index (χ4v) is 1.82. The van der Waals surface area contributed by atoms with E-state index in [-0.39, 0.29) is 6.61 Å². The number of aliphatic hydroxyl groups excluding tert-OH is 1. The lowest BCUT2D eigenvalue weighted by Gasteiger charge is -2.14. The summed E-state index contributed by atoms with van der Waals surface area (Å²) in [6.07, 6.45) is 1.51. The van der Waals surface area contributed by atoms with Crippen LogP contribution in [0, 0.1) is 5.82 Å². The van der Waals surface area contributed by atoms with Gasteiger partial charge in [-0.25, -0.2) is 4.39 Å². The van der Waals surface area contributed by atoms with Crippen LogP contribution in [0.25, 0.3) is 0 Å². The van der Waals surface area contributed by atoms with Gasteiger partial charge in [-0.05, 0) is 12.8 Å². The first-order chi connectivity index (χ1) is 8.24. The quantitative estimate of drug-likeness (QED) is 0.845. The lowest BCUT2D eigenvalue weighted by Crippen LogP contribution is -2.00. The third-order valence-corrected chi connectivity index (χ3v) is 2.65. The summed E-state index contributed by atoms with van der Waals surface area (Å²) in [5.41, 5.74) is 0.371. The molecule has 1 aliphatic heterocycles. The normalized spacial score (nSPS) is 14.5. The number of rotatable bonds is 3. The lowest BCUT2D eigenvalue weighted by atomic mass is 10.1. The molecule has 0 saturated heterocycles. The molecule has 0 saturated carbocycles. The van der Waals surface area contributed by atoms with Gasteiger partial charge in [0.05, 0.1) is 13.2 Å². The van der Waals surface area contributed by atoms with Crippen molar-refractivity contribution >= 4 is 0 Å². The number of hydrogen-bond donors (Lipinski definition) is 2. The molecular weight excluding hydrogens is 227 g/mol. The number of phenols is 1. The molecule has 0 amide bonds. The minimum atomic E-state index is -0.720. The highest BCUT2D eigenvalue weighted by Crippen LogP contribution is 2.41. The SMILES string of the molecule is OCCCc1c(O)c(F)cc2c1OCCCO2. The largest absolute Gasteiger partial charge is 0.505 e. The maximum absolute atomic E-state index is 13.5. The molecular formula is C12H15FO4. The van der Waals surface area contributed by atoms with Crippen LogP contribution in [0.2, 0.25) is 0 Å². The van der Waals surface area contributed by atoms with Crippen LogP contribution in [0.4, 0.5) is 4.39 Å². The molecule has 0 bridgehead atoms. The Labute approximate surface area is 98.6 Å². The van der Waals surface area contributed by atoms with Crippen LogP contribution in [0.15, 0.2) is 6.07 Å². The van der Waals surface area contributed by atoms with Crippen molar-refractivity contribution < 1.29 is 24.1 Å². The van der Waals surface area contributed by atoms with Crippen molar-refractivity contribution in [1.29, 1.82) is 0 Å². The van der Waals surface area contributed by atoms with Crippen molar-refractivity contribution in [3.63, 3.8) is 0 Å². The van der Waals surface area contributed by atoms with Crippen LogP contribution in [-0.2, 0) is 6.42 Å². The Morgan fingerprint density at radius 3 is 2.82 bits per heavy atom. The van der Waals surface area contributed by atoms with Crippen LogP contribution in [0.3, 0.4) is 0 Å². The Kier molecular flexibility index (Phi) is 3.68. The molecule has 0 aromatic heterocycles. The molecule has 0 radical (unpaired) electrons. The summed E-state index contributed by atoms with van der Waals surface area (Å²) in [5.74, 6) is -0.412. The van der Waals surface area contributed by atoms with Crippen LogP contribution >= 0.6 is 0 Å². The Balaban J connectivity index is 2.42. The third kappa shape index (κ3) is 2.44. The number of aromatic hydroxyl groups is 1. The van der Waals surface area contributed by atoms with Gasteiger partial charge in [-0.1, -0.05) is 0 Å². The predicted molar refractivity (Wildman–Crippen MR) is 59.1 cm³/mol. The second-order valence-corrected chi connectivity index (χ2v) is 3.89. The van der Waals surface area contributed by atoms with E-state index in [4.69, 9.17) is 14.6 Å². The smallest absolute Gasteiger partial charge is 0.169 e. The molecule has 94 valence electrons. The van der Waals surface area contributed by atoms with E-state index in [1.54, 1.807) is 0 Å². The number of phenolic OH excluding ortho intramolecular Hbond substituents is 1. The molecule has 1 heterocycles. The Morgan fingerprint density at radius 2 is 2.06 bits per heavy atom. The second kappa shape index (κ2) is 5.23. The van der Waals surface area contributed by atoms with E-state index in [1.165, 1.54) is 0 Å². The van der Waals surface area contributed by atoms with E-state index < -0.39 is 11.6 Å². The molecule has 0 fully saturated rings. The van der Waals surface area contributed by atoms with Crippen LogP contribution in [-0.4, -0.2) is 30.0 Å². The van der Waals surface area contributed by atoms with Gasteiger partial charge >= 0.3 is 0 Å². The zero-order valence-corrected chi connectivity index (χ0v) is 9.41. The number of aliphatic hydroxyl groups is 1. The van der Waals surface area contributed by atoms with Gasteiger partial charge in [-0.15, -0.1) is 0 Å². The Morgan fingerprint density at radius 1 is 1.29 bits per heavy atom. The van der Waals surface area contributed by atoms with Crippen molar-refractivity contribution in [2.24, 2.45) is 0 Å². The summed E-state index contributed by atoms with van der Waals surface area (Å²) in [6.45, 7) is 0.923. The van der Waals surface area contributed by atoms with E-state index in [0.29, 0.717) is 43.1 Å². The summed E-state index contributed by atoms with van der Waals surface area (Å²) in [7, 11) is 0. The van der Waals surface area contributed by atoms with Gasteiger partial charge in [0.25, 0.3) is 0 Å². The van der Waals surface area contributed by atoms with Gasteiger partial charge < -0.3 is 19.7 Å². The summed E-state index contributed by atoms with van der Waals surface area (Å²) >= 11 is 0. The standard InChI is InChI=1S/C12H15FO4/c13-9-7-10-12(17-6-2-5-16-10)8(11(9)15)3-1-4-14/h7,14-15H,1-6H2. The van der Waals surface area contributed by atoms with Crippen LogP contribution < -0.4 is 9.47 Å². The Hall–Kier alpha value is -1.49. The Bertz CT molecular complexity index is 406. The highest BCUT2D eigenvalue weighted by molar-refractivity contribution is 5.54. The lowest BCUT2D eigenvalue weighted by molar-refractivity contribution is 0.283. The molecule has 1 aliphatic rings. The number of ether oxygens (including phenoxy) is 2. The van der Waals surface area contributed by atoms with Gasteiger partial charge in [-0.3, -0.25) is 0 Å². The summed E-state index contributed by atoms with van der Waals surface area (Å²) in [5, 5.41) is 18.5. The van der Waals surface area contributed by atoms with Crippen LogP contribution in [0.1, 0.15) is 18.4 Å². The number of fused-ring (bicyclic) bond motifs is 1. The van der Waals surface area contributed by atoms with E-state index in [1.807, 2.05) is 0 Å². The minimum Gasteiger partial charge on any atom is -0.505 e. The molecule has 0 aliphatic carbocycles. The first-order valence-corrected chi connectivity index (χ1v) is 5.65. The van der Waals surface area contributed by atoms with E-state index in [0.717, 1.165) is 12.5 Å². The number of hydrogen-bond acceptors (Lipinski definition) is 4. The molecule has 1 aromatic carbocycles. The molecule has 2 rings (SSSR count). The van der Waals surface area contributed by atoms with Gasteiger partial charge in [0.15, 0.2) is 23.1 Å². The van der Waals surface area contributed by atoms with E-state index in [2.05, 4.69) is 0 Å². The zero-order chi connectivity index (χ0) is 12.3. The van der Waals surface area contributed by atoms with Crippen molar-refractivity contribution in [2.75, 3.05) is 19.8 Å². The van der Waals surface area contributed by atoms with Gasteiger partial charge in [0.2, 0.25) is 0 Å². The topological polar surface area (TPSA) is 58.9 Å². The first kappa shape index (κ1) is 12.0. The van der Waals surface area contributed by atoms with E-state index in [9.17, 15) is 9.50 Å². The first-order valence-electron chi connectivity index (χ1n) is 5.65. The minimum absolute atomic E-state index is 0.0222. The monoisotopic (exact) mass is 242 g/mol. The molecule has 2 N–H and O–H groups in total. The average Bonchev–Trinajstić information content (AvgIpc) is 2.55. The molecule has 1 aromatic rings. The maximum atomic E-state index is 13.5. The second-order valence-electron chi connectivity index (χ2n) is 3.89. The van der Waals surface area contributed by atoms with Gasteiger partial charge in [-0.2, -0.15) is 0 Å². The van der Waals surface area contributed by atoms with Crippen molar-refractivity contribution in [2.45, 2.75) is 19.3 Å². The van der Waals surface area contributed by atoms with Crippen molar-refractivity contribution in [3.8, 4) is 17.2 Å². The summed E-state index contributed by atoms with van der Waals surface area (Å²) < 4.78 is 24.3. The number of benzene rings is 1. The van der Waals surface area contributed by atoms with Gasteiger partial charge in [0.1, 0.15) is 0 Å². The van der Waals surface area contributed by atoms with Crippen molar-refractivity contribution in [1.82, 2.24) is 0 Å². The maximum Gasteiger partial charge on any atom is 0.169 e. The third-order valence-electron chi connectivity index (χ3n) is 2.65. The zero-order valence-electron chi connectivity index (χ0n) is 9.41. The highest BCUT2D eigenvalue weighted by Gasteiger charge is 2.21. The van der Waals surface area contributed by atoms with Gasteiger partial charge in [0, 0.05) is 24.7 Å². The molecule has 4 nitrogen and oxygen atoms in total.